The number of benzene rings is 1. The summed E-state index contributed by atoms with van der Waals surface area (Å²) < 4.78 is 19.4. The Morgan fingerprint density at radius 3 is 2.27 bits per heavy atom. The highest BCUT2D eigenvalue weighted by Gasteiger charge is 2.25. The summed E-state index contributed by atoms with van der Waals surface area (Å²) in [7, 11) is -1.55. The van der Waals surface area contributed by atoms with E-state index < -0.39 is 8.07 Å². The first-order chi connectivity index (χ1) is 10.3. The lowest BCUT2D eigenvalue weighted by molar-refractivity contribution is 0.611. The zero-order valence-corrected chi connectivity index (χ0v) is 15.1. The van der Waals surface area contributed by atoms with E-state index in [9.17, 15) is 4.39 Å². The highest BCUT2D eigenvalue weighted by Crippen LogP contribution is 2.36. The fraction of sp³-hybridized carbons (Fsp3) is 0.222. The van der Waals surface area contributed by atoms with Crippen LogP contribution in [0.1, 0.15) is 5.56 Å². The standard InChI is InChI=1S/C18H19FOSSi/c1-12-9-16(21-11-12)15-10-17(22(2,3)4)20-18(15)13-5-7-14(19)8-6-13/h5-11H,1-4H3. The molecule has 3 rings (SSSR count). The first-order valence-electron chi connectivity index (χ1n) is 7.30. The van der Waals surface area contributed by atoms with Gasteiger partial charge in [-0.3, -0.25) is 0 Å². The van der Waals surface area contributed by atoms with Crippen LogP contribution in [-0.4, -0.2) is 8.07 Å². The molecule has 0 aliphatic carbocycles. The quantitative estimate of drug-likeness (QED) is 0.564. The molecule has 0 unspecified atom stereocenters. The lowest BCUT2D eigenvalue weighted by atomic mass is 10.1. The van der Waals surface area contributed by atoms with Crippen molar-refractivity contribution in [1.29, 1.82) is 0 Å². The Morgan fingerprint density at radius 2 is 1.73 bits per heavy atom. The van der Waals surface area contributed by atoms with Crippen molar-refractivity contribution < 1.29 is 8.81 Å². The van der Waals surface area contributed by atoms with Crippen molar-refractivity contribution in [1.82, 2.24) is 0 Å². The summed E-state index contributed by atoms with van der Waals surface area (Å²) >= 11 is 1.72. The molecule has 0 bridgehead atoms. The molecule has 2 aromatic heterocycles. The zero-order chi connectivity index (χ0) is 15.9. The molecule has 1 aromatic carbocycles. The number of aryl methyl sites for hydroxylation is 1. The molecule has 1 nitrogen and oxygen atoms in total. The third-order valence-corrected chi connectivity index (χ3v) is 6.38. The van der Waals surface area contributed by atoms with Crippen LogP contribution in [0.2, 0.25) is 19.6 Å². The molecule has 0 atom stereocenters. The van der Waals surface area contributed by atoms with Gasteiger partial charge in [0.2, 0.25) is 0 Å². The Labute approximate surface area is 135 Å². The zero-order valence-electron chi connectivity index (χ0n) is 13.2. The number of hydrogen-bond acceptors (Lipinski definition) is 2. The maximum Gasteiger partial charge on any atom is 0.142 e. The van der Waals surface area contributed by atoms with Gasteiger partial charge in [-0.05, 0) is 54.3 Å². The van der Waals surface area contributed by atoms with Crippen LogP contribution in [0.15, 0.2) is 46.2 Å². The molecule has 0 aliphatic heterocycles. The van der Waals surface area contributed by atoms with E-state index in [1.807, 2.05) is 0 Å². The van der Waals surface area contributed by atoms with Gasteiger partial charge in [0.15, 0.2) is 0 Å². The maximum absolute atomic E-state index is 13.2. The number of furan rings is 1. The first-order valence-corrected chi connectivity index (χ1v) is 11.7. The molecular weight excluding hydrogens is 311 g/mol. The van der Waals surface area contributed by atoms with Crippen molar-refractivity contribution in [3.63, 3.8) is 0 Å². The molecule has 0 fully saturated rings. The van der Waals surface area contributed by atoms with E-state index in [0.29, 0.717) is 0 Å². The molecule has 0 amide bonds. The maximum atomic E-state index is 13.2. The minimum absolute atomic E-state index is 0.228. The SMILES string of the molecule is Cc1csc(-c2cc([Si](C)(C)C)oc2-c2ccc(F)cc2)c1. The van der Waals surface area contributed by atoms with Crippen LogP contribution in [0.25, 0.3) is 21.8 Å². The van der Waals surface area contributed by atoms with Gasteiger partial charge in [-0.1, -0.05) is 19.6 Å². The molecule has 3 aromatic rings. The van der Waals surface area contributed by atoms with Crippen LogP contribution in [0.4, 0.5) is 4.39 Å². The van der Waals surface area contributed by atoms with Crippen molar-refractivity contribution in [3.8, 4) is 21.8 Å². The lowest BCUT2D eigenvalue weighted by Gasteiger charge is -2.11. The minimum Gasteiger partial charge on any atom is -0.466 e. The predicted octanol–water partition coefficient (Wildman–Crippen LogP) is 5.67. The molecule has 0 aliphatic rings. The molecule has 2 heterocycles. The highest BCUT2D eigenvalue weighted by atomic mass is 32.1. The Bertz CT molecular complexity index is 793. The molecule has 4 heteroatoms. The molecule has 0 spiro atoms. The smallest absolute Gasteiger partial charge is 0.142 e. The van der Waals surface area contributed by atoms with Gasteiger partial charge >= 0.3 is 0 Å². The monoisotopic (exact) mass is 330 g/mol. The molecular formula is C18H19FOSSi. The molecule has 0 radical (unpaired) electrons. The van der Waals surface area contributed by atoms with Crippen LogP contribution in [0.3, 0.4) is 0 Å². The fourth-order valence-corrected chi connectivity index (χ4v) is 4.23. The Morgan fingerprint density at radius 1 is 1.05 bits per heavy atom. The molecule has 22 heavy (non-hydrogen) atoms. The predicted molar refractivity (Wildman–Crippen MR) is 95.1 cm³/mol. The second kappa shape index (κ2) is 5.52. The Balaban J connectivity index is 2.18. The van der Waals surface area contributed by atoms with Crippen LogP contribution < -0.4 is 5.38 Å². The summed E-state index contributed by atoms with van der Waals surface area (Å²) in [6, 6.07) is 10.9. The topological polar surface area (TPSA) is 13.1 Å². The van der Waals surface area contributed by atoms with Crippen molar-refractivity contribution in [3.05, 3.63) is 53.2 Å². The van der Waals surface area contributed by atoms with Gasteiger partial charge < -0.3 is 4.42 Å². The van der Waals surface area contributed by atoms with Crippen molar-refractivity contribution >= 4 is 24.8 Å². The average Bonchev–Trinajstić information content (AvgIpc) is 3.05. The van der Waals surface area contributed by atoms with Gasteiger partial charge in [-0.2, -0.15) is 0 Å². The molecule has 0 saturated carbocycles. The minimum atomic E-state index is -1.55. The fourth-order valence-electron chi connectivity index (χ4n) is 2.33. The summed E-state index contributed by atoms with van der Waals surface area (Å²) in [6.07, 6.45) is 0. The second-order valence-electron chi connectivity index (χ2n) is 6.60. The average molecular weight is 330 g/mol. The van der Waals surface area contributed by atoms with Gasteiger partial charge in [0, 0.05) is 16.0 Å². The lowest BCUT2D eigenvalue weighted by Crippen LogP contribution is -2.36. The summed E-state index contributed by atoms with van der Waals surface area (Å²) in [5.41, 5.74) is 3.29. The van der Waals surface area contributed by atoms with Crippen molar-refractivity contribution in [2.75, 3.05) is 0 Å². The van der Waals surface area contributed by atoms with Crippen molar-refractivity contribution in [2.45, 2.75) is 26.6 Å². The Kier molecular flexibility index (Phi) is 3.83. The van der Waals surface area contributed by atoms with Gasteiger partial charge in [0.1, 0.15) is 19.7 Å². The van der Waals surface area contributed by atoms with E-state index in [0.717, 1.165) is 22.3 Å². The van der Waals surface area contributed by atoms with Crippen LogP contribution in [-0.2, 0) is 0 Å². The first kappa shape index (κ1) is 15.3. The third kappa shape index (κ3) is 2.94. The van der Waals surface area contributed by atoms with Gasteiger partial charge in [-0.15, -0.1) is 11.3 Å². The summed E-state index contributed by atoms with van der Waals surface area (Å²) in [5, 5.41) is 3.22. The van der Waals surface area contributed by atoms with E-state index in [-0.39, 0.29) is 5.82 Å². The van der Waals surface area contributed by atoms with Gasteiger partial charge in [0.25, 0.3) is 0 Å². The third-order valence-electron chi connectivity index (χ3n) is 3.57. The van der Waals surface area contributed by atoms with E-state index in [1.165, 1.54) is 22.6 Å². The van der Waals surface area contributed by atoms with Crippen LogP contribution in [0.5, 0.6) is 0 Å². The van der Waals surface area contributed by atoms with E-state index in [4.69, 9.17) is 4.42 Å². The summed E-state index contributed by atoms with van der Waals surface area (Å²) in [6.45, 7) is 8.90. The van der Waals surface area contributed by atoms with E-state index >= 15 is 0 Å². The second-order valence-corrected chi connectivity index (χ2v) is 12.5. The number of rotatable bonds is 3. The van der Waals surface area contributed by atoms with Crippen molar-refractivity contribution in [2.24, 2.45) is 0 Å². The molecule has 114 valence electrons. The van der Waals surface area contributed by atoms with Crippen LogP contribution >= 0.6 is 11.3 Å². The normalized spacial score (nSPS) is 11.9. The number of halogens is 1. The molecule has 0 N–H and O–H groups in total. The number of hydrogen-bond donors (Lipinski definition) is 0. The van der Waals surface area contributed by atoms with E-state index in [1.54, 1.807) is 23.5 Å². The number of thiophene rings is 1. The summed E-state index contributed by atoms with van der Waals surface area (Å²) in [5.74, 6) is 0.619. The Hall–Kier alpha value is -1.65. The molecule has 0 saturated heterocycles. The summed E-state index contributed by atoms with van der Waals surface area (Å²) in [4.78, 5) is 1.20. The van der Waals surface area contributed by atoms with Gasteiger partial charge in [-0.25, -0.2) is 4.39 Å². The highest BCUT2D eigenvalue weighted by molar-refractivity contribution is 7.13. The van der Waals surface area contributed by atoms with Gasteiger partial charge in [0.05, 0.1) is 5.38 Å². The largest absolute Gasteiger partial charge is 0.466 e. The van der Waals surface area contributed by atoms with E-state index in [2.05, 4.69) is 44.1 Å². The van der Waals surface area contributed by atoms with Crippen LogP contribution in [0, 0.1) is 12.7 Å².